The highest BCUT2D eigenvalue weighted by Crippen LogP contribution is 2.36. The molecule has 0 aliphatic heterocycles. The van der Waals surface area contributed by atoms with E-state index < -0.39 is 11.7 Å². The molecule has 0 atom stereocenters. The van der Waals surface area contributed by atoms with Gasteiger partial charge < -0.3 is 9.47 Å². The van der Waals surface area contributed by atoms with Crippen LogP contribution in [0.1, 0.15) is 27.0 Å². The quantitative estimate of drug-likeness (QED) is 0.408. The summed E-state index contributed by atoms with van der Waals surface area (Å²) in [6, 6.07) is 14.3. The Hall–Kier alpha value is -3.96. The van der Waals surface area contributed by atoms with Crippen molar-refractivity contribution < 1.29 is 23.0 Å². The predicted octanol–water partition coefficient (Wildman–Crippen LogP) is 4.84. The number of rotatable bonds is 7. The summed E-state index contributed by atoms with van der Waals surface area (Å²) < 4.78 is 38.2. The summed E-state index contributed by atoms with van der Waals surface area (Å²) in [6.45, 7) is 0.0769. The summed E-state index contributed by atoms with van der Waals surface area (Å²) in [4.78, 5) is 12.1. The lowest BCUT2D eigenvalue weighted by atomic mass is 10.1. The van der Waals surface area contributed by atoms with Crippen LogP contribution in [-0.4, -0.2) is 19.2 Å². The maximum absolute atomic E-state index is 13.9. The average molecular weight is 456 g/mol. The number of amides is 1. The number of benzene rings is 3. The SMILES string of the molecule is COc1cc(/C=N\NC(=O)c2ccc(C#N)cc2F)cc(Cl)c1OCc1cccc(F)c1. The van der Waals surface area contributed by atoms with Crippen LogP contribution in [0.4, 0.5) is 8.78 Å². The van der Waals surface area contributed by atoms with Crippen LogP contribution in [0.15, 0.2) is 59.7 Å². The maximum Gasteiger partial charge on any atom is 0.274 e. The Bertz CT molecular complexity index is 1230. The van der Waals surface area contributed by atoms with E-state index in [1.54, 1.807) is 24.3 Å². The van der Waals surface area contributed by atoms with E-state index in [1.165, 1.54) is 43.7 Å². The highest BCUT2D eigenvalue weighted by Gasteiger charge is 2.13. The third-order valence-corrected chi connectivity index (χ3v) is 4.53. The number of carbonyl (C=O) groups is 1. The van der Waals surface area contributed by atoms with Crippen molar-refractivity contribution in [3.05, 3.63) is 93.5 Å². The van der Waals surface area contributed by atoms with Crippen LogP contribution in [0, 0.1) is 23.0 Å². The fourth-order valence-electron chi connectivity index (χ4n) is 2.73. The van der Waals surface area contributed by atoms with Gasteiger partial charge in [0.1, 0.15) is 18.2 Å². The van der Waals surface area contributed by atoms with Crippen LogP contribution in [0.25, 0.3) is 0 Å². The first-order valence-corrected chi connectivity index (χ1v) is 9.57. The van der Waals surface area contributed by atoms with Gasteiger partial charge in [-0.3, -0.25) is 4.79 Å². The van der Waals surface area contributed by atoms with E-state index in [1.807, 2.05) is 0 Å². The summed E-state index contributed by atoms with van der Waals surface area (Å²) in [5, 5.41) is 12.8. The van der Waals surface area contributed by atoms with Crippen molar-refractivity contribution in [2.45, 2.75) is 6.61 Å². The fraction of sp³-hybridized carbons (Fsp3) is 0.0870. The van der Waals surface area contributed by atoms with Gasteiger partial charge in [-0.15, -0.1) is 0 Å². The van der Waals surface area contributed by atoms with E-state index in [9.17, 15) is 13.6 Å². The number of hydrogen-bond donors (Lipinski definition) is 1. The van der Waals surface area contributed by atoms with Crippen LogP contribution in [0.3, 0.4) is 0 Å². The number of carbonyl (C=O) groups excluding carboxylic acids is 1. The molecule has 0 unspecified atom stereocenters. The number of nitriles is 1. The molecule has 3 rings (SSSR count). The monoisotopic (exact) mass is 455 g/mol. The van der Waals surface area contributed by atoms with Gasteiger partial charge in [-0.2, -0.15) is 10.4 Å². The second-order valence-electron chi connectivity index (χ2n) is 6.46. The predicted molar refractivity (Wildman–Crippen MR) is 115 cm³/mol. The van der Waals surface area contributed by atoms with Gasteiger partial charge in [0, 0.05) is 0 Å². The minimum Gasteiger partial charge on any atom is -0.493 e. The number of hydrazone groups is 1. The van der Waals surface area contributed by atoms with Crippen molar-refractivity contribution in [2.24, 2.45) is 5.10 Å². The molecule has 1 amide bonds. The van der Waals surface area contributed by atoms with E-state index in [0.29, 0.717) is 16.9 Å². The summed E-state index contributed by atoms with van der Waals surface area (Å²) in [5.41, 5.74) is 3.15. The van der Waals surface area contributed by atoms with Gasteiger partial charge in [0.05, 0.1) is 35.5 Å². The van der Waals surface area contributed by atoms with E-state index in [4.69, 9.17) is 26.3 Å². The molecule has 1 N–H and O–H groups in total. The highest BCUT2D eigenvalue weighted by molar-refractivity contribution is 6.32. The molecule has 0 aliphatic carbocycles. The molecule has 0 fully saturated rings. The van der Waals surface area contributed by atoms with Crippen molar-refractivity contribution in [1.82, 2.24) is 5.43 Å². The van der Waals surface area contributed by atoms with Gasteiger partial charge in [-0.05, 0) is 53.6 Å². The molecule has 0 saturated carbocycles. The number of methoxy groups -OCH3 is 1. The molecule has 0 spiro atoms. The molecule has 0 aromatic heterocycles. The largest absolute Gasteiger partial charge is 0.493 e. The lowest BCUT2D eigenvalue weighted by Gasteiger charge is -2.13. The zero-order valence-corrected chi connectivity index (χ0v) is 17.5. The van der Waals surface area contributed by atoms with Crippen LogP contribution < -0.4 is 14.9 Å². The van der Waals surface area contributed by atoms with Gasteiger partial charge >= 0.3 is 0 Å². The van der Waals surface area contributed by atoms with Gasteiger partial charge in [0.15, 0.2) is 11.5 Å². The maximum atomic E-state index is 13.9. The third kappa shape index (κ3) is 5.59. The molecule has 32 heavy (non-hydrogen) atoms. The van der Waals surface area contributed by atoms with Crippen molar-refractivity contribution in [2.75, 3.05) is 7.11 Å². The van der Waals surface area contributed by atoms with E-state index in [-0.39, 0.29) is 34.3 Å². The van der Waals surface area contributed by atoms with Gasteiger partial charge in [-0.1, -0.05) is 23.7 Å². The summed E-state index contributed by atoms with van der Waals surface area (Å²) >= 11 is 6.29. The molecule has 0 aliphatic rings. The molecule has 3 aromatic rings. The first-order chi connectivity index (χ1) is 15.4. The Morgan fingerprint density at radius 2 is 2.03 bits per heavy atom. The topological polar surface area (TPSA) is 83.7 Å². The first-order valence-electron chi connectivity index (χ1n) is 9.19. The molecule has 162 valence electrons. The molecule has 0 bridgehead atoms. The fourth-order valence-corrected chi connectivity index (χ4v) is 3.00. The van der Waals surface area contributed by atoms with Crippen molar-refractivity contribution in [3.8, 4) is 17.6 Å². The van der Waals surface area contributed by atoms with Crippen LogP contribution in [-0.2, 0) is 6.61 Å². The summed E-state index contributed by atoms with van der Waals surface area (Å²) in [5.74, 6) is -1.42. The molecule has 6 nitrogen and oxygen atoms in total. The minimum atomic E-state index is -0.832. The van der Waals surface area contributed by atoms with Crippen molar-refractivity contribution in [3.63, 3.8) is 0 Å². The normalized spacial score (nSPS) is 10.6. The molecular weight excluding hydrogens is 440 g/mol. The third-order valence-electron chi connectivity index (χ3n) is 4.25. The Kier molecular flexibility index (Phi) is 7.37. The second kappa shape index (κ2) is 10.4. The lowest BCUT2D eigenvalue weighted by Crippen LogP contribution is -2.19. The summed E-state index contributed by atoms with van der Waals surface area (Å²) in [6.07, 6.45) is 1.30. The molecule has 0 radical (unpaired) electrons. The van der Waals surface area contributed by atoms with Gasteiger partial charge in [0.2, 0.25) is 0 Å². The number of halogens is 3. The van der Waals surface area contributed by atoms with E-state index in [2.05, 4.69) is 10.5 Å². The average Bonchev–Trinajstić information content (AvgIpc) is 2.77. The van der Waals surface area contributed by atoms with E-state index >= 15 is 0 Å². The molecule has 9 heteroatoms. The first kappa shape index (κ1) is 22.7. The molecule has 0 heterocycles. The number of nitrogens with one attached hydrogen (secondary N) is 1. The molecule has 0 saturated heterocycles. The lowest BCUT2D eigenvalue weighted by molar-refractivity contribution is 0.0951. The Morgan fingerprint density at radius 1 is 1.22 bits per heavy atom. The van der Waals surface area contributed by atoms with Gasteiger partial charge in [-0.25, -0.2) is 14.2 Å². The molecular formula is C23H16ClF2N3O3. The number of hydrogen-bond acceptors (Lipinski definition) is 5. The minimum absolute atomic E-state index is 0.0769. The second-order valence-corrected chi connectivity index (χ2v) is 6.87. The standard InChI is InChI=1S/C23H16ClF2N3O3/c1-31-21-10-16(8-19(24)22(21)32-13-15-3-2-4-17(25)7-15)12-28-29-23(30)18-6-5-14(11-27)9-20(18)26/h2-10,12H,13H2,1H3,(H,29,30)/b28-12-. The smallest absolute Gasteiger partial charge is 0.274 e. The Balaban J connectivity index is 1.70. The van der Waals surface area contributed by atoms with Crippen LogP contribution >= 0.6 is 11.6 Å². The number of ether oxygens (including phenoxy) is 2. The van der Waals surface area contributed by atoms with Crippen molar-refractivity contribution in [1.29, 1.82) is 5.26 Å². The van der Waals surface area contributed by atoms with Gasteiger partial charge in [0.25, 0.3) is 5.91 Å². The van der Waals surface area contributed by atoms with Crippen LogP contribution in [0.2, 0.25) is 5.02 Å². The molecule has 3 aromatic carbocycles. The van der Waals surface area contributed by atoms with Crippen LogP contribution in [0.5, 0.6) is 11.5 Å². The highest BCUT2D eigenvalue weighted by atomic mass is 35.5. The zero-order valence-electron chi connectivity index (χ0n) is 16.7. The number of nitrogens with zero attached hydrogens (tertiary/aromatic N) is 2. The summed E-state index contributed by atoms with van der Waals surface area (Å²) in [7, 11) is 1.43. The Morgan fingerprint density at radius 3 is 2.72 bits per heavy atom. The van der Waals surface area contributed by atoms with Crippen molar-refractivity contribution >= 4 is 23.7 Å². The van der Waals surface area contributed by atoms with E-state index in [0.717, 1.165) is 6.07 Å². The Labute approximate surface area is 187 Å². The zero-order chi connectivity index (χ0) is 23.1.